The number of hydrogen-bond donors (Lipinski definition) is 0. The third-order valence-electron chi connectivity index (χ3n) is 2.03. The highest BCUT2D eigenvalue weighted by Gasteiger charge is 2.20. The summed E-state index contributed by atoms with van der Waals surface area (Å²) in [6.45, 7) is 11.1. The molecule has 0 spiro atoms. The summed E-state index contributed by atoms with van der Waals surface area (Å²) >= 11 is 1.28. The van der Waals surface area contributed by atoms with Crippen molar-refractivity contribution in [3.63, 3.8) is 0 Å². The largest absolute Gasteiger partial charge is 0.456 e. The molecule has 1 atom stereocenters. The fraction of sp³-hybridized carbons (Fsp3) is 0.571. The number of rotatable bonds is 3. The topological polar surface area (TPSA) is 55.7 Å². The molecule has 1 heterocycles. The Labute approximate surface area is 126 Å². The van der Waals surface area contributed by atoms with Crippen LogP contribution in [-0.4, -0.2) is 26.7 Å². The molecule has 6 heteroatoms. The van der Waals surface area contributed by atoms with Gasteiger partial charge >= 0.3 is 5.97 Å². The maximum absolute atomic E-state index is 11.9. The predicted molar refractivity (Wildman–Crippen MR) is 85.0 cm³/mol. The van der Waals surface area contributed by atoms with Crippen LogP contribution >= 0.6 is 11.3 Å². The quantitative estimate of drug-likeness (QED) is 0.633. The van der Waals surface area contributed by atoms with E-state index in [0.717, 1.165) is 4.88 Å². The molecule has 1 aromatic heterocycles. The summed E-state index contributed by atoms with van der Waals surface area (Å²) in [5.41, 5.74) is -0.511. The second-order valence-electron chi connectivity index (χ2n) is 6.30. The first kappa shape index (κ1) is 17.0. The van der Waals surface area contributed by atoms with E-state index >= 15 is 0 Å². The van der Waals surface area contributed by atoms with E-state index in [-0.39, 0.29) is 10.7 Å². The fourth-order valence-electron chi connectivity index (χ4n) is 1.12. The normalized spacial score (nSPS) is 14.5. The standard InChI is InChI=1S/C14H21NO3S2/c1-13(2,3)18-12(16)11-8-7-10(19-11)9-15-20(17)14(4,5)6/h7-9H,1-6H3. The van der Waals surface area contributed by atoms with Crippen LogP contribution in [0.25, 0.3) is 0 Å². The van der Waals surface area contributed by atoms with Crippen LogP contribution in [0.15, 0.2) is 16.5 Å². The molecule has 0 radical (unpaired) electrons. The zero-order valence-electron chi connectivity index (χ0n) is 12.7. The number of carbonyl (C=O) groups is 1. The molecule has 0 fully saturated rings. The van der Waals surface area contributed by atoms with Gasteiger partial charge in [0.15, 0.2) is 0 Å². The van der Waals surface area contributed by atoms with E-state index in [4.69, 9.17) is 4.74 Å². The van der Waals surface area contributed by atoms with E-state index in [0.29, 0.717) is 4.88 Å². The second kappa shape index (κ2) is 6.18. The Kier molecular flexibility index (Phi) is 5.27. The molecule has 0 bridgehead atoms. The van der Waals surface area contributed by atoms with E-state index in [1.807, 2.05) is 41.5 Å². The number of carbonyl (C=O) groups excluding carboxylic acids is 1. The van der Waals surface area contributed by atoms with E-state index in [1.165, 1.54) is 11.3 Å². The Morgan fingerprint density at radius 1 is 1.25 bits per heavy atom. The molecule has 4 nitrogen and oxygen atoms in total. The summed E-state index contributed by atoms with van der Waals surface area (Å²) < 4.78 is 20.7. The molecular weight excluding hydrogens is 294 g/mol. The van der Waals surface area contributed by atoms with Crippen LogP contribution in [0.2, 0.25) is 0 Å². The van der Waals surface area contributed by atoms with E-state index in [9.17, 15) is 9.00 Å². The smallest absolute Gasteiger partial charge is 0.348 e. The van der Waals surface area contributed by atoms with Crippen molar-refractivity contribution in [3.05, 3.63) is 21.9 Å². The summed E-state index contributed by atoms with van der Waals surface area (Å²) in [6.07, 6.45) is 1.54. The minimum absolute atomic E-state index is 0.348. The first-order valence-electron chi connectivity index (χ1n) is 6.28. The van der Waals surface area contributed by atoms with Crippen LogP contribution in [-0.2, 0) is 15.7 Å². The van der Waals surface area contributed by atoms with Gasteiger partial charge in [-0.3, -0.25) is 0 Å². The molecule has 0 saturated carbocycles. The van der Waals surface area contributed by atoms with E-state index in [1.54, 1.807) is 18.3 Å². The van der Waals surface area contributed by atoms with Gasteiger partial charge in [0.25, 0.3) is 0 Å². The van der Waals surface area contributed by atoms with E-state index < -0.39 is 16.6 Å². The number of esters is 1. The van der Waals surface area contributed by atoms with Crippen LogP contribution in [0.4, 0.5) is 0 Å². The Morgan fingerprint density at radius 2 is 1.85 bits per heavy atom. The fourth-order valence-corrected chi connectivity index (χ4v) is 2.47. The van der Waals surface area contributed by atoms with Gasteiger partial charge < -0.3 is 4.74 Å². The second-order valence-corrected chi connectivity index (χ2v) is 9.35. The summed E-state index contributed by atoms with van der Waals surface area (Å²) in [5.74, 6) is -0.348. The molecule has 20 heavy (non-hydrogen) atoms. The summed E-state index contributed by atoms with van der Waals surface area (Å²) in [4.78, 5) is 13.2. The van der Waals surface area contributed by atoms with Gasteiger partial charge in [-0.15, -0.1) is 11.3 Å². The van der Waals surface area contributed by atoms with Crippen molar-refractivity contribution in [2.75, 3.05) is 0 Å². The highest BCUT2D eigenvalue weighted by molar-refractivity contribution is 7.85. The lowest BCUT2D eigenvalue weighted by molar-refractivity contribution is 0.00752. The number of hydrogen-bond acceptors (Lipinski definition) is 4. The van der Waals surface area contributed by atoms with Gasteiger partial charge in [-0.25, -0.2) is 9.00 Å². The van der Waals surface area contributed by atoms with Crippen molar-refractivity contribution >= 4 is 34.5 Å². The van der Waals surface area contributed by atoms with Crippen LogP contribution in [0.3, 0.4) is 0 Å². The molecule has 0 aliphatic heterocycles. The monoisotopic (exact) mass is 315 g/mol. The highest BCUT2D eigenvalue weighted by atomic mass is 32.2. The van der Waals surface area contributed by atoms with Gasteiger partial charge in [0, 0.05) is 4.88 Å². The number of nitrogens with zero attached hydrogens (tertiary/aromatic N) is 1. The minimum Gasteiger partial charge on any atom is -0.456 e. The molecule has 112 valence electrons. The molecule has 0 amide bonds. The van der Waals surface area contributed by atoms with Crippen molar-refractivity contribution in [3.8, 4) is 0 Å². The van der Waals surface area contributed by atoms with Gasteiger partial charge in [0.2, 0.25) is 0 Å². The first-order chi connectivity index (χ1) is 8.99. The molecular formula is C14H21NO3S2. The predicted octanol–water partition coefficient (Wildman–Crippen LogP) is 3.58. The van der Waals surface area contributed by atoms with Crippen molar-refractivity contribution in [2.45, 2.75) is 51.9 Å². The first-order valence-corrected chi connectivity index (χ1v) is 8.20. The van der Waals surface area contributed by atoms with Crippen molar-refractivity contribution in [2.24, 2.45) is 4.40 Å². The summed E-state index contributed by atoms with van der Waals surface area (Å²) in [5, 5.41) is 0. The zero-order valence-corrected chi connectivity index (χ0v) is 14.4. The molecule has 1 aromatic rings. The van der Waals surface area contributed by atoms with Gasteiger partial charge in [0.1, 0.15) is 21.5 Å². The Morgan fingerprint density at radius 3 is 2.35 bits per heavy atom. The molecule has 0 saturated heterocycles. The maximum Gasteiger partial charge on any atom is 0.348 e. The molecule has 1 unspecified atom stereocenters. The lowest BCUT2D eigenvalue weighted by Crippen LogP contribution is -2.23. The lowest BCUT2D eigenvalue weighted by atomic mass is 10.2. The maximum atomic E-state index is 11.9. The lowest BCUT2D eigenvalue weighted by Gasteiger charge is -2.18. The van der Waals surface area contributed by atoms with Crippen molar-refractivity contribution in [1.29, 1.82) is 0 Å². The third-order valence-corrected chi connectivity index (χ3v) is 4.37. The molecule has 0 aliphatic rings. The number of ether oxygens (including phenoxy) is 1. The highest BCUT2D eigenvalue weighted by Crippen LogP contribution is 2.20. The van der Waals surface area contributed by atoms with Crippen LogP contribution in [0.1, 0.15) is 56.1 Å². The molecule has 1 rings (SSSR count). The van der Waals surface area contributed by atoms with Gasteiger partial charge in [-0.05, 0) is 53.7 Å². The zero-order chi connectivity index (χ0) is 15.6. The summed E-state index contributed by atoms with van der Waals surface area (Å²) in [7, 11) is -1.30. The van der Waals surface area contributed by atoms with Crippen LogP contribution < -0.4 is 0 Å². The third kappa shape index (κ3) is 5.54. The Bertz CT molecular complexity index is 533. The van der Waals surface area contributed by atoms with Crippen LogP contribution in [0.5, 0.6) is 0 Å². The van der Waals surface area contributed by atoms with E-state index in [2.05, 4.69) is 4.40 Å². The van der Waals surface area contributed by atoms with Gasteiger partial charge in [0.05, 0.1) is 11.0 Å². The summed E-state index contributed by atoms with van der Waals surface area (Å²) in [6, 6.07) is 3.47. The number of thiophene rings is 1. The van der Waals surface area contributed by atoms with Gasteiger partial charge in [-0.1, -0.05) is 0 Å². The SMILES string of the molecule is CC(C)(C)OC(=O)c1ccc(C=NS(=O)C(C)(C)C)s1. The minimum atomic E-state index is -1.30. The average molecular weight is 315 g/mol. The molecule has 0 N–H and O–H groups in total. The van der Waals surface area contributed by atoms with Crippen molar-refractivity contribution < 1.29 is 13.7 Å². The molecule has 0 aromatic carbocycles. The Balaban J connectivity index is 2.76. The van der Waals surface area contributed by atoms with Crippen molar-refractivity contribution in [1.82, 2.24) is 0 Å². The Hall–Kier alpha value is -1.01. The average Bonchev–Trinajstić information content (AvgIpc) is 2.70. The molecule has 0 aliphatic carbocycles. The van der Waals surface area contributed by atoms with Crippen LogP contribution in [0, 0.1) is 0 Å². The van der Waals surface area contributed by atoms with Gasteiger partial charge in [-0.2, -0.15) is 4.40 Å².